The molecule has 0 bridgehead atoms. The Hall–Kier alpha value is -1.04. The van der Waals surface area contributed by atoms with E-state index in [1.54, 1.807) is 7.05 Å². The minimum Gasteiger partial charge on any atom is -0.388 e. The Kier molecular flexibility index (Phi) is 4.66. The molecular formula is C11H19N3O6S. The predicted octanol–water partition coefficient (Wildman–Crippen LogP) is -2.43. The van der Waals surface area contributed by atoms with E-state index in [0.29, 0.717) is 0 Å². The number of hydrogen-bond acceptors (Lipinski definition) is 7. The smallest absolute Gasteiger partial charge is 0.243 e. The number of rotatable bonds is 4. The highest BCUT2D eigenvalue weighted by atomic mass is 32.2. The molecule has 4 N–H and O–H groups in total. The zero-order valence-corrected chi connectivity index (χ0v) is 12.4. The summed E-state index contributed by atoms with van der Waals surface area (Å²) in [7, 11) is -2.19. The Morgan fingerprint density at radius 1 is 1.33 bits per heavy atom. The highest BCUT2D eigenvalue weighted by Crippen LogP contribution is 2.21. The summed E-state index contributed by atoms with van der Waals surface area (Å²) in [6.07, 6.45) is -3.12. The van der Waals surface area contributed by atoms with E-state index < -0.39 is 40.5 Å². The number of hydrogen-bond donors (Lipinski definition) is 4. The average molecular weight is 321 g/mol. The number of aliphatic hydroxyl groups is 3. The molecule has 0 saturated carbocycles. The Morgan fingerprint density at radius 2 is 2.00 bits per heavy atom. The molecule has 5 atom stereocenters. The van der Waals surface area contributed by atoms with Gasteiger partial charge in [0, 0.05) is 19.8 Å². The van der Waals surface area contributed by atoms with Crippen LogP contribution in [0.15, 0.2) is 17.3 Å². The van der Waals surface area contributed by atoms with Crippen molar-refractivity contribution in [1.29, 1.82) is 0 Å². The standard InChI is InChI=1S/C11H19N3O6S/c1-6-9(15)11(17)10(16)8(20-6)4-13-21(18,19)7-3-12-14(2)5-7/h3,5-6,8-11,13,15-17H,4H2,1-2H3/t6-,8+,9+,10+,11+/m0/s1. The number of nitrogens with one attached hydrogen (secondary N) is 1. The zero-order chi connectivity index (χ0) is 15.8. The number of nitrogens with zero attached hydrogens (tertiary/aromatic N) is 2. The van der Waals surface area contributed by atoms with Crippen LogP contribution in [0.4, 0.5) is 0 Å². The first-order chi connectivity index (χ1) is 9.72. The van der Waals surface area contributed by atoms with Crippen molar-refractivity contribution in [1.82, 2.24) is 14.5 Å². The van der Waals surface area contributed by atoms with Crippen molar-refractivity contribution in [3.05, 3.63) is 12.4 Å². The van der Waals surface area contributed by atoms with Gasteiger partial charge in [0.2, 0.25) is 10.0 Å². The van der Waals surface area contributed by atoms with E-state index in [0.717, 1.165) is 0 Å². The van der Waals surface area contributed by atoms with Crippen molar-refractivity contribution in [2.24, 2.45) is 7.05 Å². The normalized spacial score (nSPS) is 34.0. The Labute approximate surface area is 122 Å². The average Bonchev–Trinajstić information content (AvgIpc) is 2.86. The van der Waals surface area contributed by atoms with Gasteiger partial charge in [0.15, 0.2) is 0 Å². The van der Waals surface area contributed by atoms with E-state index in [1.807, 2.05) is 0 Å². The second-order valence-corrected chi connectivity index (χ2v) is 6.82. The molecule has 120 valence electrons. The van der Waals surface area contributed by atoms with Crippen molar-refractivity contribution in [2.45, 2.75) is 42.3 Å². The molecule has 1 aromatic heterocycles. The maximum atomic E-state index is 12.0. The van der Waals surface area contributed by atoms with Gasteiger partial charge in [0.25, 0.3) is 0 Å². The molecule has 21 heavy (non-hydrogen) atoms. The second-order valence-electron chi connectivity index (χ2n) is 5.05. The van der Waals surface area contributed by atoms with Crippen LogP contribution >= 0.6 is 0 Å². The van der Waals surface area contributed by atoms with Crippen LogP contribution in [0.25, 0.3) is 0 Å². The molecule has 0 aromatic carbocycles. The second kappa shape index (κ2) is 5.99. The van der Waals surface area contributed by atoms with Crippen LogP contribution in [0.2, 0.25) is 0 Å². The maximum absolute atomic E-state index is 12.0. The minimum absolute atomic E-state index is 0.0102. The van der Waals surface area contributed by atoms with Gasteiger partial charge in [-0.25, -0.2) is 13.1 Å². The topological polar surface area (TPSA) is 134 Å². The Balaban J connectivity index is 2.02. The Bertz CT molecular complexity index is 589. The fraction of sp³-hybridized carbons (Fsp3) is 0.727. The molecule has 0 unspecified atom stereocenters. The van der Waals surface area contributed by atoms with Gasteiger partial charge in [-0.1, -0.05) is 0 Å². The summed E-state index contributed by atoms with van der Waals surface area (Å²) < 4.78 is 33.0. The molecule has 2 heterocycles. The molecule has 0 amide bonds. The van der Waals surface area contributed by atoms with Gasteiger partial charge < -0.3 is 20.1 Å². The summed E-state index contributed by atoms with van der Waals surface area (Å²) in [5, 5.41) is 32.8. The van der Waals surface area contributed by atoms with Crippen molar-refractivity contribution < 1.29 is 28.5 Å². The van der Waals surface area contributed by atoms with Gasteiger partial charge in [-0.05, 0) is 6.92 Å². The van der Waals surface area contributed by atoms with E-state index in [2.05, 4.69) is 9.82 Å². The predicted molar refractivity (Wildman–Crippen MR) is 70.8 cm³/mol. The lowest BCUT2D eigenvalue weighted by Gasteiger charge is -2.39. The van der Waals surface area contributed by atoms with Gasteiger partial charge in [-0.2, -0.15) is 5.10 Å². The first kappa shape index (κ1) is 16.3. The molecule has 9 nitrogen and oxygen atoms in total. The van der Waals surface area contributed by atoms with Crippen LogP contribution in [0.3, 0.4) is 0 Å². The van der Waals surface area contributed by atoms with Gasteiger partial charge in [0.1, 0.15) is 29.3 Å². The lowest BCUT2D eigenvalue weighted by molar-refractivity contribution is -0.214. The third-order valence-corrected chi connectivity index (χ3v) is 4.80. The molecule has 0 aliphatic carbocycles. The highest BCUT2D eigenvalue weighted by molar-refractivity contribution is 7.89. The molecule has 1 aliphatic heterocycles. The summed E-state index contributed by atoms with van der Waals surface area (Å²) >= 11 is 0. The van der Waals surface area contributed by atoms with Crippen LogP contribution in [-0.4, -0.2) is 70.6 Å². The summed E-state index contributed by atoms with van der Waals surface area (Å²) in [4.78, 5) is -0.0102. The van der Waals surface area contributed by atoms with Crippen molar-refractivity contribution in [3.63, 3.8) is 0 Å². The van der Waals surface area contributed by atoms with E-state index in [-0.39, 0.29) is 11.4 Å². The third kappa shape index (κ3) is 3.42. The quantitative estimate of drug-likeness (QED) is 0.484. The SMILES string of the molecule is C[C@@H]1O[C@H](CNS(=O)(=O)c2cnn(C)c2)[C@@H](O)[C@H](O)[C@@H]1O. The Morgan fingerprint density at radius 3 is 2.57 bits per heavy atom. The van der Waals surface area contributed by atoms with Crippen LogP contribution < -0.4 is 4.72 Å². The van der Waals surface area contributed by atoms with E-state index in [9.17, 15) is 23.7 Å². The first-order valence-electron chi connectivity index (χ1n) is 6.40. The summed E-state index contributed by atoms with van der Waals surface area (Å²) in [5.74, 6) is 0. The molecule has 0 spiro atoms. The summed E-state index contributed by atoms with van der Waals surface area (Å²) in [6, 6.07) is 0. The van der Waals surface area contributed by atoms with E-state index >= 15 is 0 Å². The zero-order valence-electron chi connectivity index (χ0n) is 11.6. The van der Waals surface area contributed by atoms with Crippen molar-refractivity contribution in [3.8, 4) is 0 Å². The largest absolute Gasteiger partial charge is 0.388 e. The number of aryl methyl sites for hydroxylation is 1. The van der Waals surface area contributed by atoms with E-state index in [1.165, 1.54) is 24.0 Å². The maximum Gasteiger partial charge on any atom is 0.243 e. The third-order valence-electron chi connectivity index (χ3n) is 3.42. The molecule has 1 aromatic rings. The number of sulfonamides is 1. The van der Waals surface area contributed by atoms with Crippen molar-refractivity contribution >= 4 is 10.0 Å². The molecule has 0 radical (unpaired) electrons. The van der Waals surface area contributed by atoms with Crippen LogP contribution in [0.5, 0.6) is 0 Å². The summed E-state index contributed by atoms with van der Waals surface area (Å²) in [5.41, 5.74) is 0. The van der Waals surface area contributed by atoms with Gasteiger partial charge in [0.05, 0.1) is 12.3 Å². The monoisotopic (exact) mass is 321 g/mol. The first-order valence-corrected chi connectivity index (χ1v) is 7.88. The molecule has 1 saturated heterocycles. The van der Waals surface area contributed by atoms with Gasteiger partial charge in [-0.3, -0.25) is 4.68 Å². The molecular weight excluding hydrogens is 302 g/mol. The molecule has 1 aliphatic rings. The minimum atomic E-state index is -3.78. The van der Waals surface area contributed by atoms with Gasteiger partial charge in [-0.15, -0.1) is 0 Å². The van der Waals surface area contributed by atoms with Crippen LogP contribution in [-0.2, 0) is 21.8 Å². The number of ether oxygens (including phenoxy) is 1. The summed E-state index contributed by atoms with van der Waals surface area (Å²) in [6.45, 7) is 1.30. The fourth-order valence-corrected chi connectivity index (χ4v) is 3.15. The van der Waals surface area contributed by atoms with Crippen LogP contribution in [0, 0.1) is 0 Å². The molecule has 1 fully saturated rings. The lowest BCUT2D eigenvalue weighted by Crippen LogP contribution is -2.59. The fourth-order valence-electron chi connectivity index (χ4n) is 2.12. The molecule has 10 heteroatoms. The number of aromatic nitrogens is 2. The number of aliphatic hydroxyl groups excluding tert-OH is 3. The lowest BCUT2D eigenvalue weighted by atomic mass is 9.96. The van der Waals surface area contributed by atoms with Crippen LogP contribution in [0.1, 0.15) is 6.92 Å². The van der Waals surface area contributed by atoms with Crippen molar-refractivity contribution in [2.75, 3.05) is 6.54 Å². The molecule has 2 rings (SSSR count). The van der Waals surface area contributed by atoms with E-state index in [4.69, 9.17) is 4.74 Å². The highest BCUT2D eigenvalue weighted by Gasteiger charge is 2.41. The van der Waals surface area contributed by atoms with Gasteiger partial charge >= 0.3 is 0 Å².